The van der Waals surface area contributed by atoms with Gasteiger partial charge in [0.25, 0.3) is 0 Å². The Balaban J connectivity index is 3.10. The molecule has 0 bridgehead atoms. The number of rotatable bonds is 5. The van der Waals surface area contributed by atoms with Crippen molar-refractivity contribution in [1.29, 1.82) is 0 Å². The third-order valence-corrected chi connectivity index (χ3v) is 2.66. The van der Waals surface area contributed by atoms with E-state index in [4.69, 9.17) is 5.73 Å². The standard InChI is InChI=1S/C13H25N3/c1-6-7-11-12(14)16(8-9(2)3)13(15-11)10(4)5/h9-10H,6-8,14H2,1-5H3. The van der Waals surface area contributed by atoms with Gasteiger partial charge in [0.1, 0.15) is 11.6 Å². The van der Waals surface area contributed by atoms with Gasteiger partial charge in [-0.1, -0.05) is 41.0 Å². The smallest absolute Gasteiger partial charge is 0.126 e. The number of nitrogen functional groups attached to an aromatic ring is 1. The maximum absolute atomic E-state index is 6.18. The van der Waals surface area contributed by atoms with Crippen molar-refractivity contribution in [3.05, 3.63) is 11.5 Å². The van der Waals surface area contributed by atoms with Gasteiger partial charge in [-0.3, -0.25) is 0 Å². The van der Waals surface area contributed by atoms with Crippen molar-refractivity contribution < 1.29 is 0 Å². The van der Waals surface area contributed by atoms with Crippen LogP contribution in [0.3, 0.4) is 0 Å². The first kappa shape index (κ1) is 13.1. The predicted octanol–water partition coefficient (Wildman–Crippen LogP) is 3.20. The fourth-order valence-electron chi connectivity index (χ4n) is 1.95. The minimum atomic E-state index is 0.437. The Hall–Kier alpha value is -0.990. The molecule has 1 heterocycles. The quantitative estimate of drug-likeness (QED) is 0.833. The fourth-order valence-corrected chi connectivity index (χ4v) is 1.95. The van der Waals surface area contributed by atoms with Gasteiger partial charge in [-0.05, 0) is 12.3 Å². The lowest BCUT2D eigenvalue weighted by molar-refractivity contribution is 0.502. The summed E-state index contributed by atoms with van der Waals surface area (Å²) in [6, 6.07) is 0. The second-order valence-corrected chi connectivity index (χ2v) is 5.21. The number of anilines is 1. The number of hydrogen-bond donors (Lipinski definition) is 1. The molecule has 2 N–H and O–H groups in total. The molecule has 0 aliphatic carbocycles. The van der Waals surface area contributed by atoms with Gasteiger partial charge in [0.15, 0.2) is 0 Å². The highest BCUT2D eigenvalue weighted by atomic mass is 15.1. The molecule has 1 aromatic rings. The minimum Gasteiger partial charge on any atom is -0.384 e. The molecule has 16 heavy (non-hydrogen) atoms. The molecule has 0 aliphatic heterocycles. The van der Waals surface area contributed by atoms with Gasteiger partial charge in [-0.2, -0.15) is 0 Å². The summed E-state index contributed by atoms with van der Waals surface area (Å²) in [4.78, 5) is 4.69. The van der Waals surface area contributed by atoms with Crippen LogP contribution in [0.2, 0.25) is 0 Å². The van der Waals surface area contributed by atoms with Crippen LogP contribution in [0.5, 0.6) is 0 Å². The number of nitrogens with zero attached hydrogens (tertiary/aromatic N) is 2. The fraction of sp³-hybridized carbons (Fsp3) is 0.769. The number of aromatic nitrogens is 2. The summed E-state index contributed by atoms with van der Waals surface area (Å²) in [7, 11) is 0. The van der Waals surface area contributed by atoms with Gasteiger partial charge >= 0.3 is 0 Å². The lowest BCUT2D eigenvalue weighted by atomic mass is 10.2. The zero-order valence-electron chi connectivity index (χ0n) is 11.2. The molecule has 0 saturated heterocycles. The topological polar surface area (TPSA) is 43.8 Å². The zero-order chi connectivity index (χ0) is 12.3. The highest BCUT2D eigenvalue weighted by molar-refractivity contribution is 5.39. The van der Waals surface area contributed by atoms with Crippen LogP contribution in [0.1, 0.15) is 58.5 Å². The Kier molecular flexibility index (Phi) is 4.39. The number of imidazole rings is 1. The van der Waals surface area contributed by atoms with Crippen molar-refractivity contribution in [3.63, 3.8) is 0 Å². The zero-order valence-corrected chi connectivity index (χ0v) is 11.2. The van der Waals surface area contributed by atoms with E-state index in [0.29, 0.717) is 11.8 Å². The molecule has 3 heteroatoms. The van der Waals surface area contributed by atoms with Gasteiger partial charge in [-0.15, -0.1) is 0 Å². The van der Waals surface area contributed by atoms with Crippen LogP contribution in [0.15, 0.2) is 0 Å². The maximum Gasteiger partial charge on any atom is 0.126 e. The maximum atomic E-state index is 6.18. The van der Waals surface area contributed by atoms with E-state index in [-0.39, 0.29) is 0 Å². The molecule has 92 valence electrons. The van der Waals surface area contributed by atoms with Crippen molar-refractivity contribution in [2.75, 3.05) is 5.73 Å². The van der Waals surface area contributed by atoms with Crippen molar-refractivity contribution in [1.82, 2.24) is 9.55 Å². The molecule has 1 rings (SSSR count). The summed E-state index contributed by atoms with van der Waals surface area (Å²) in [6.45, 7) is 11.9. The Morgan fingerprint density at radius 3 is 2.31 bits per heavy atom. The second-order valence-electron chi connectivity index (χ2n) is 5.21. The van der Waals surface area contributed by atoms with Crippen molar-refractivity contribution >= 4 is 5.82 Å². The summed E-state index contributed by atoms with van der Waals surface area (Å²) in [6.07, 6.45) is 2.08. The van der Waals surface area contributed by atoms with Gasteiger partial charge < -0.3 is 10.3 Å². The largest absolute Gasteiger partial charge is 0.384 e. The van der Waals surface area contributed by atoms with E-state index in [0.717, 1.165) is 36.7 Å². The number of nitrogens with two attached hydrogens (primary N) is 1. The average Bonchev–Trinajstić information content (AvgIpc) is 2.46. The SMILES string of the molecule is CCCc1nc(C(C)C)n(CC(C)C)c1N. The molecule has 0 aliphatic rings. The molecule has 0 spiro atoms. The van der Waals surface area contributed by atoms with Gasteiger partial charge in [-0.25, -0.2) is 4.98 Å². The molecule has 0 aromatic carbocycles. The summed E-state index contributed by atoms with van der Waals surface area (Å²) in [5.74, 6) is 3.05. The van der Waals surface area contributed by atoms with E-state index >= 15 is 0 Å². The first-order valence-electron chi connectivity index (χ1n) is 6.32. The molecule has 0 fully saturated rings. The summed E-state index contributed by atoms with van der Waals surface area (Å²) < 4.78 is 2.19. The summed E-state index contributed by atoms with van der Waals surface area (Å²) in [5.41, 5.74) is 7.25. The molecule has 3 nitrogen and oxygen atoms in total. The molecule has 0 radical (unpaired) electrons. The highest BCUT2D eigenvalue weighted by Gasteiger charge is 2.16. The third kappa shape index (κ3) is 2.77. The van der Waals surface area contributed by atoms with E-state index in [1.807, 2.05) is 0 Å². The van der Waals surface area contributed by atoms with Gasteiger partial charge in [0.05, 0.1) is 5.69 Å². The van der Waals surface area contributed by atoms with Crippen LogP contribution >= 0.6 is 0 Å². The second kappa shape index (κ2) is 5.37. The van der Waals surface area contributed by atoms with E-state index in [2.05, 4.69) is 44.2 Å². The molecular weight excluding hydrogens is 198 g/mol. The lowest BCUT2D eigenvalue weighted by Crippen LogP contribution is -2.12. The average molecular weight is 223 g/mol. The molecule has 0 saturated carbocycles. The van der Waals surface area contributed by atoms with Crippen LogP contribution in [0.4, 0.5) is 5.82 Å². The van der Waals surface area contributed by atoms with Crippen molar-refractivity contribution in [2.24, 2.45) is 5.92 Å². The summed E-state index contributed by atoms with van der Waals surface area (Å²) in [5, 5.41) is 0. The first-order chi connectivity index (χ1) is 7.47. The van der Waals surface area contributed by atoms with Crippen LogP contribution in [0.25, 0.3) is 0 Å². The highest BCUT2D eigenvalue weighted by Crippen LogP contribution is 2.23. The Labute approximate surface area is 99.1 Å². The Morgan fingerprint density at radius 2 is 1.88 bits per heavy atom. The predicted molar refractivity (Wildman–Crippen MR) is 69.6 cm³/mol. The Bertz CT molecular complexity index is 337. The van der Waals surface area contributed by atoms with Gasteiger partial charge in [0, 0.05) is 12.5 Å². The van der Waals surface area contributed by atoms with Crippen LogP contribution in [-0.2, 0) is 13.0 Å². The summed E-state index contributed by atoms with van der Waals surface area (Å²) >= 11 is 0. The van der Waals surface area contributed by atoms with Gasteiger partial charge in [0.2, 0.25) is 0 Å². The number of aryl methyl sites for hydroxylation is 1. The van der Waals surface area contributed by atoms with Crippen molar-refractivity contribution in [2.45, 2.75) is 59.9 Å². The Morgan fingerprint density at radius 1 is 1.25 bits per heavy atom. The first-order valence-corrected chi connectivity index (χ1v) is 6.32. The molecule has 0 unspecified atom stereocenters. The number of hydrogen-bond acceptors (Lipinski definition) is 2. The van der Waals surface area contributed by atoms with Crippen LogP contribution in [0, 0.1) is 5.92 Å². The van der Waals surface area contributed by atoms with E-state index in [1.165, 1.54) is 0 Å². The van der Waals surface area contributed by atoms with E-state index in [9.17, 15) is 0 Å². The molecule has 0 atom stereocenters. The van der Waals surface area contributed by atoms with E-state index < -0.39 is 0 Å². The van der Waals surface area contributed by atoms with E-state index in [1.54, 1.807) is 0 Å². The normalized spacial score (nSPS) is 11.7. The minimum absolute atomic E-state index is 0.437. The third-order valence-electron chi connectivity index (χ3n) is 2.66. The van der Waals surface area contributed by atoms with Crippen molar-refractivity contribution in [3.8, 4) is 0 Å². The van der Waals surface area contributed by atoms with Crippen LogP contribution in [-0.4, -0.2) is 9.55 Å². The lowest BCUT2D eigenvalue weighted by Gasteiger charge is -2.14. The molecular formula is C13H25N3. The van der Waals surface area contributed by atoms with Crippen LogP contribution < -0.4 is 5.73 Å². The molecule has 1 aromatic heterocycles. The molecule has 0 amide bonds. The monoisotopic (exact) mass is 223 g/mol.